The molecule has 94 valence electrons. The molecule has 0 aliphatic heterocycles. The highest BCUT2D eigenvalue weighted by molar-refractivity contribution is 5.80. The van der Waals surface area contributed by atoms with Crippen LogP contribution in [0.4, 0.5) is 4.39 Å². The molecule has 1 atom stereocenters. The third-order valence-electron chi connectivity index (χ3n) is 2.64. The summed E-state index contributed by atoms with van der Waals surface area (Å²) in [5.74, 6) is -0.591. The molecule has 0 bridgehead atoms. The molecule has 4 nitrogen and oxygen atoms in total. The highest BCUT2D eigenvalue weighted by Crippen LogP contribution is 2.18. The Morgan fingerprint density at radius 2 is 2.06 bits per heavy atom. The maximum atomic E-state index is 12.8. The molecule has 0 saturated carbocycles. The lowest BCUT2D eigenvalue weighted by Crippen LogP contribution is -2.23. The van der Waals surface area contributed by atoms with Crippen LogP contribution in [0.1, 0.15) is 6.92 Å². The van der Waals surface area contributed by atoms with E-state index in [4.69, 9.17) is 0 Å². The minimum atomic E-state index is -1.05. The van der Waals surface area contributed by atoms with Crippen LogP contribution in [0.5, 0.6) is 0 Å². The Labute approximate surface area is 104 Å². The third-order valence-corrected chi connectivity index (χ3v) is 2.64. The van der Waals surface area contributed by atoms with E-state index in [0.29, 0.717) is 0 Å². The number of halogens is 1. The number of benzene rings is 1. The average molecular weight is 248 g/mol. The van der Waals surface area contributed by atoms with Crippen LogP contribution in [0.2, 0.25) is 0 Å². The Morgan fingerprint density at radius 3 is 2.67 bits per heavy atom. The van der Waals surface area contributed by atoms with Gasteiger partial charge in [-0.3, -0.25) is 9.48 Å². The second-order valence-electron chi connectivity index (χ2n) is 4.08. The van der Waals surface area contributed by atoms with Crippen molar-refractivity contribution in [3.05, 3.63) is 42.5 Å². The molecule has 1 aromatic carbocycles. The van der Waals surface area contributed by atoms with Gasteiger partial charge < -0.3 is 5.11 Å². The van der Waals surface area contributed by atoms with Gasteiger partial charge >= 0.3 is 0 Å². The number of carbonyl (C=O) groups excluding carboxylic acids is 1. The summed E-state index contributed by atoms with van der Waals surface area (Å²) in [6, 6.07) is 6.05. The van der Waals surface area contributed by atoms with Crippen molar-refractivity contribution >= 4 is 5.78 Å². The van der Waals surface area contributed by atoms with Crippen LogP contribution in [0.15, 0.2) is 36.7 Å². The lowest BCUT2D eigenvalue weighted by atomic mass is 10.1. The Bertz CT molecular complexity index is 548. The van der Waals surface area contributed by atoms with E-state index in [1.807, 2.05) is 0 Å². The van der Waals surface area contributed by atoms with E-state index in [2.05, 4.69) is 5.10 Å². The molecule has 1 N–H and O–H groups in total. The van der Waals surface area contributed by atoms with Crippen LogP contribution in [0, 0.1) is 5.82 Å². The first-order valence-corrected chi connectivity index (χ1v) is 5.53. The molecular weight excluding hydrogens is 235 g/mol. The van der Waals surface area contributed by atoms with Gasteiger partial charge in [-0.25, -0.2) is 4.39 Å². The zero-order valence-electron chi connectivity index (χ0n) is 9.88. The first kappa shape index (κ1) is 12.4. The van der Waals surface area contributed by atoms with Crippen LogP contribution in [-0.2, 0) is 11.3 Å². The maximum Gasteiger partial charge on any atom is 0.160 e. The summed E-state index contributed by atoms with van der Waals surface area (Å²) in [4.78, 5) is 10.9. The number of aromatic nitrogens is 2. The van der Waals surface area contributed by atoms with E-state index >= 15 is 0 Å². The molecule has 0 amide bonds. The quantitative estimate of drug-likeness (QED) is 0.894. The van der Waals surface area contributed by atoms with Gasteiger partial charge in [0.2, 0.25) is 0 Å². The number of hydrogen-bond donors (Lipinski definition) is 1. The van der Waals surface area contributed by atoms with Crippen LogP contribution in [0.3, 0.4) is 0 Å². The number of rotatable bonds is 4. The van der Waals surface area contributed by atoms with Gasteiger partial charge in [0.25, 0.3) is 0 Å². The van der Waals surface area contributed by atoms with Gasteiger partial charge in [-0.1, -0.05) is 12.1 Å². The topological polar surface area (TPSA) is 55.1 Å². The summed E-state index contributed by atoms with van der Waals surface area (Å²) in [7, 11) is 0. The molecule has 1 heterocycles. The Balaban J connectivity index is 2.15. The second-order valence-corrected chi connectivity index (χ2v) is 4.08. The molecule has 0 spiro atoms. The van der Waals surface area contributed by atoms with Crippen molar-refractivity contribution in [2.24, 2.45) is 0 Å². The highest BCUT2D eigenvalue weighted by atomic mass is 19.1. The van der Waals surface area contributed by atoms with Crippen molar-refractivity contribution in [2.75, 3.05) is 0 Å². The summed E-state index contributed by atoms with van der Waals surface area (Å²) in [6.07, 6.45) is 2.27. The lowest BCUT2D eigenvalue weighted by Gasteiger charge is -2.05. The zero-order chi connectivity index (χ0) is 13.1. The normalized spacial score (nSPS) is 12.4. The van der Waals surface area contributed by atoms with Crippen LogP contribution in [-0.4, -0.2) is 26.8 Å². The zero-order valence-corrected chi connectivity index (χ0v) is 9.88. The van der Waals surface area contributed by atoms with Gasteiger partial charge in [0, 0.05) is 11.8 Å². The Morgan fingerprint density at radius 1 is 1.39 bits per heavy atom. The predicted molar refractivity (Wildman–Crippen MR) is 64.3 cm³/mol. The lowest BCUT2D eigenvalue weighted by molar-refractivity contribution is -0.125. The number of Topliss-reactive ketones (excluding diaryl/α,β-unsaturated/α-hetero) is 1. The van der Waals surface area contributed by atoms with Gasteiger partial charge in [0.05, 0.1) is 12.7 Å². The number of hydrogen-bond acceptors (Lipinski definition) is 3. The van der Waals surface area contributed by atoms with Crippen molar-refractivity contribution in [1.29, 1.82) is 0 Å². The Kier molecular flexibility index (Phi) is 3.53. The molecular formula is C13H13FN2O2. The van der Waals surface area contributed by atoms with Crippen molar-refractivity contribution in [2.45, 2.75) is 19.6 Å². The third kappa shape index (κ3) is 2.81. The Hall–Kier alpha value is -2.01. The number of nitrogens with zero attached hydrogens (tertiary/aromatic N) is 2. The standard InChI is InChI=1S/C13H13FN2O2/c1-9(17)13(18)8-16-7-11(6-15-16)10-2-4-12(14)5-3-10/h2-7,13,18H,8H2,1H3/t13-/m0/s1. The average Bonchev–Trinajstić information content (AvgIpc) is 2.78. The molecule has 0 fully saturated rings. The number of aliphatic hydroxyl groups excluding tert-OH is 1. The maximum absolute atomic E-state index is 12.8. The van der Waals surface area contributed by atoms with E-state index in [1.165, 1.54) is 23.7 Å². The fourth-order valence-corrected chi connectivity index (χ4v) is 1.56. The minimum Gasteiger partial charge on any atom is -0.383 e. The monoisotopic (exact) mass is 248 g/mol. The van der Waals surface area contributed by atoms with Gasteiger partial charge in [0.1, 0.15) is 11.9 Å². The van der Waals surface area contributed by atoms with E-state index in [9.17, 15) is 14.3 Å². The van der Waals surface area contributed by atoms with Crippen LogP contribution in [0.25, 0.3) is 11.1 Å². The van der Waals surface area contributed by atoms with Crippen molar-refractivity contribution < 1.29 is 14.3 Å². The summed E-state index contributed by atoms with van der Waals surface area (Å²) in [5.41, 5.74) is 1.64. The van der Waals surface area contributed by atoms with E-state index in [-0.39, 0.29) is 18.1 Å². The van der Waals surface area contributed by atoms with Crippen molar-refractivity contribution in [1.82, 2.24) is 9.78 Å². The second kappa shape index (κ2) is 5.10. The van der Waals surface area contributed by atoms with Crippen LogP contribution >= 0.6 is 0 Å². The highest BCUT2D eigenvalue weighted by Gasteiger charge is 2.11. The number of carbonyl (C=O) groups is 1. The molecule has 1 aromatic heterocycles. The molecule has 0 radical (unpaired) electrons. The predicted octanol–water partition coefficient (Wildman–Crippen LogP) is 1.64. The van der Waals surface area contributed by atoms with E-state index in [0.717, 1.165) is 11.1 Å². The summed E-state index contributed by atoms with van der Waals surface area (Å²) >= 11 is 0. The van der Waals surface area contributed by atoms with Gasteiger partial charge in [-0.2, -0.15) is 5.10 Å². The van der Waals surface area contributed by atoms with Crippen molar-refractivity contribution in [3.63, 3.8) is 0 Å². The number of aliphatic hydroxyl groups is 1. The molecule has 0 aliphatic carbocycles. The van der Waals surface area contributed by atoms with Crippen LogP contribution < -0.4 is 0 Å². The largest absolute Gasteiger partial charge is 0.383 e. The minimum absolute atomic E-state index is 0.122. The van der Waals surface area contributed by atoms with Gasteiger partial charge in [-0.15, -0.1) is 0 Å². The smallest absolute Gasteiger partial charge is 0.160 e. The molecule has 2 rings (SSSR count). The summed E-state index contributed by atoms with van der Waals surface area (Å²) < 4.78 is 14.3. The molecule has 0 aliphatic rings. The molecule has 2 aromatic rings. The van der Waals surface area contributed by atoms with E-state index in [1.54, 1.807) is 24.5 Å². The van der Waals surface area contributed by atoms with Gasteiger partial charge in [-0.05, 0) is 24.6 Å². The molecule has 0 saturated heterocycles. The first-order valence-electron chi connectivity index (χ1n) is 5.53. The SMILES string of the molecule is CC(=O)[C@@H](O)Cn1cc(-c2ccc(F)cc2)cn1. The molecule has 18 heavy (non-hydrogen) atoms. The van der Waals surface area contributed by atoms with Crippen molar-refractivity contribution in [3.8, 4) is 11.1 Å². The number of ketones is 1. The fourth-order valence-electron chi connectivity index (χ4n) is 1.56. The summed E-state index contributed by atoms with van der Waals surface area (Å²) in [5, 5.41) is 13.5. The first-order chi connectivity index (χ1) is 8.56. The molecule has 0 unspecified atom stereocenters. The fraction of sp³-hybridized carbons (Fsp3) is 0.231. The molecule has 5 heteroatoms. The summed E-state index contributed by atoms with van der Waals surface area (Å²) in [6.45, 7) is 1.45. The van der Waals surface area contributed by atoms with E-state index < -0.39 is 6.10 Å². The van der Waals surface area contributed by atoms with Gasteiger partial charge in [0.15, 0.2) is 5.78 Å².